The van der Waals surface area contributed by atoms with Gasteiger partial charge in [-0.3, -0.25) is 0 Å². The molecule has 4 nitrogen and oxygen atoms in total. The second-order valence-electron chi connectivity index (χ2n) is 5.10. The monoisotopic (exact) mass is 269 g/mol. The molecule has 0 bridgehead atoms. The first-order chi connectivity index (χ1) is 9.76. The molecule has 1 aromatic carbocycles. The number of ether oxygens (including phenoxy) is 1. The van der Waals surface area contributed by atoms with Gasteiger partial charge in [0.1, 0.15) is 5.75 Å². The van der Waals surface area contributed by atoms with Crippen LogP contribution in [0, 0.1) is 6.92 Å². The molecule has 3 rings (SSSR count). The van der Waals surface area contributed by atoms with Crippen LogP contribution in [-0.2, 0) is 0 Å². The highest BCUT2D eigenvalue weighted by atomic mass is 16.5. The first-order valence-electron chi connectivity index (χ1n) is 7.11. The van der Waals surface area contributed by atoms with Gasteiger partial charge in [-0.2, -0.15) is 0 Å². The van der Waals surface area contributed by atoms with Crippen molar-refractivity contribution in [1.29, 1.82) is 0 Å². The second-order valence-corrected chi connectivity index (χ2v) is 5.10. The Labute approximate surface area is 119 Å². The quantitative estimate of drug-likeness (QED) is 0.903. The van der Waals surface area contributed by atoms with Gasteiger partial charge in [-0.25, -0.2) is 9.97 Å². The molecule has 0 aliphatic heterocycles. The number of nitrogens with zero attached hydrogens (tertiary/aromatic N) is 2. The van der Waals surface area contributed by atoms with Gasteiger partial charge in [0, 0.05) is 18.3 Å². The van der Waals surface area contributed by atoms with Crippen LogP contribution in [0.4, 0.5) is 5.95 Å². The Kier molecular flexibility index (Phi) is 3.54. The van der Waals surface area contributed by atoms with Crippen molar-refractivity contribution in [2.75, 3.05) is 11.9 Å². The van der Waals surface area contributed by atoms with Gasteiger partial charge in [0.05, 0.1) is 11.8 Å². The maximum atomic E-state index is 5.76. The van der Waals surface area contributed by atoms with Crippen LogP contribution < -0.4 is 10.1 Å². The minimum atomic E-state index is 0.432. The molecule has 4 heteroatoms. The number of rotatable bonds is 5. The molecule has 1 aromatic heterocycles. The molecule has 0 spiro atoms. The van der Waals surface area contributed by atoms with Gasteiger partial charge in [0.15, 0.2) is 0 Å². The summed E-state index contributed by atoms with van der Waals surface area (Å²) in [6, 6.07) is 8.15. The molecular formula is C16H19N3O. The molecule has 0 unspecified atom stereocenters. The molecule has 2 aromatic rings. The number of nitrogens with one attached hydrogen (secondary N) is 1. The standard InChI is InChI=1S/C16H19N3O/c1-3-17-16-18-10-11(2)15(19-16)12-4-6-13(7-5-12)20-14-8-9-14/h4-7,10,14H,3,8-9H2,1-2H3,(H,17,18,19). The van der Waals surface area contributed by atoms with Crippen molar-refractivity contribution < 1.29 is 4.74 Å². The maximum absolute atomic E-state index is 5.76. The van der Waals surface area contributed by atoms with Crippen molar-refractivity contribution in [2.45, 2.75) is 32.8 Å². The molecule has 0 amide bonds. The summed E-state index contributed by atoms with van der Waals surface area (Å²) in [4.78, 5) is 8.84. The summed E-state index contributed by atoms with van der Waals surface area (Å²) in [6.07, 6.45) is 4.65. The van der Waals surface area contributed by atoms with Crippen molar-refractivity contribution in [1.82, 2.24) is 9.97 Å². The SMILES string of the molecule is CCNc1ncc(C)c(-c2ccc(OC3CC3)cc2)n1. The highest BCUT2D eigenvalue weighted by Gasteiger charge is 2.23. The number of benzene rings is 1. The summed E-state index contributed by atoms with van der Waals surface area (Å²) in [5.41, 5.74) is 3.13. The van der Waals surface area contributed by atoms with E-state index >= 15 is 0 Å². The van der Waals surface area contributed by atoms with Crippen LogP contribution in [0.5, 0.6) is 5.75 Å². The first kappa shape index (κ1) is 12.9. The third-order valence-electron chi connectivity index (χ3n) is 3.26. The molecule has 1 aliphatic carbocycles. The van der Waals surface area contributed by atoms with Crippen molar-refractivity contribution in [2.24, 2.45) is 0 Å². The van der Waals surface area contributed by atoms with Gasteiger partial charge in [-0.15, -0.1) is 0 Å². The zero-order chi connectivity index (χ0) is 13.9. The average molecular weight is 269 g/mol. The van der Waals surface area contributed by atoms with E-state index in [1.807, 2.05) is 32.2 Å². The van der Waals surface area contributed by atoms with Gasteiger partial charge in [-0.05, 0) is 56.5 Å². The Morgan fingerprint density at radius 1 is 1.25 bits per heavy atom. The van der Waals surface area contributed by atoms with E-state index in [2.05, 4.69) is 27.4 Å². The highest BCUT2D eigenvalue weighted by Crippen LogP contribution is 2.29. The summed E-state index contributed by atoms with van der Waals surface area (Å²) in [5, 5.41) is 3.14. The van der Waals surface area contributed by atoms with Crippen molar-refractivity contribution in [3.63, 3.8) is 0 Å². The molecule has 0 saturated heterocycles. The van der Waals surface area contributed by atoms with Crippen LogP contribution >= 0.6 is 0 Å². The van der Waals surface area contributed by atoms with Crippen LogP contribution in [0.2, 0.25) is 0 Å². The van der Waals surface area contributed by atoms with Crippen LogP contribution in [0.15, 0.2) is 30.5 Å². The Balaban J connectivity index is 1.85. The van der Waals surface area contributed by atoms with E-state index in [0.717, 1.165) is 29.1 Å². The molecular weight excluding hydrogens is 250 g/mol. The lowest BCUT2D eigenvalue weighted by atomic mass is 10.1. The molecule has 1 fully saturated rings. The second kappa shape index (κ2) is 5.49. The van der Waals surface area contributed by atoms with Crippen LogP contribution in [-0.4, -0.2) is 22.6 Å². The molecule has 0 radical (unpaired) electrons. The summed E-state index contributed by atoms with van der Waals surface area (Å²) in [7, 11) is 0. The van der Waals surface area contributed by atoms with Crippen molar-refractivity contribution in [3.05, 3.63) is 36.0 Å². The number of anilines is 1. The van der Waals surface area contributed by atoms with E-state index in [4.69, 9.17) is 4.74 Å². The number of aryl methyl sites for hydroxylation is 1. The van der Waals surface area contributed by atoms with E-state index in [-0.39, 0.29) is 0 Å². The first-order valence-corrected chi connectivity index (χ1v) is 7.11. The molecule has 1 aliphatic rings. The lowest BCUT2D eigenvalue weighted by Crippen LogP contribution is -2.03. The lowest BCUT2D eigenvalue weighted by Gasteiger charge is -2.09. The summed E-state index contributed by atoms with van der Waals surface area (Å²) < 4.78 is 5.76. The van der Waals surface area contributed by atoms with E-state index in [9.17, 15) is 0 Å². The van der Waals surface area contributed by atoms with Gasteiger partial charge in [-0.1, -0.05) is 0 Å². The Bertz CT molecular complexity index is 591. The number of aromatic nitrogens is 2. The summed E-state index contributed by atoms with van der Waals surface area (Å²) >= 11 is 0. The van der Waals surface area contributed by atoms with Gasteiger partial charge in [0.2, 0.25) is 5.95 Å². The smallest absolute Gasteiger partial charge is 0.223 e. The molecule has 0 atom stereocenters. The van der Waals surface area contributed by atoms with Gasteiger partial charge in [0.25, 0.3) is 0 Å². The number of hydrogen-bond acceptors (Lipinski definition) is 4. The number of hydrogen-bond donors (Lipinski definition) is 1. The molecule has 1 saturated carbocycles. The van der Waals surface area contributed by atoms with Crippen LogP contribution in [0.1, 0.15) is 25.3 Å². The largest absolute Gasteiger partial charge is 0.490 e. The molecule has 20 heavy (non-hydrogen) atoms. The Morgan fingerprint density at radius 3 is 2.65 bits per heavy atom. The predicted octanol–water partition coefficient (Wildman–Crippen LogP) is 3.43. The fraction of sp³-hybridized carbons (Fsp3) is 0.375. The average Bonchev–Trinajstić information content (AvgIpc) is 3.26. The zero-order valence-corrected chi connectivity index (χ0v) is 11.9. The minimum Gasteiger partial charge on any atom is -0.490 e. The van der Waals surface area contributed by atoms with E-state index < -0.39 is 0 Å². The van der Waals surface area contributed by atoms with Crippen LogP contribution in [0.25, 0.3) is 11.3 Å². The third kappa shape index (κ3) is 2.90. The lowest BCUT2D eigenvalue weighted by molar-refractivity contribution is 0.303. The molecule has 1 N–H and O–H groups in total. The van der Waals surface area contributed by atoms with E-state index in [1.165, 1.54) is 12.8 Å². The fourth-order valence-electron chi connectivity index (χ4n) is 2.05. The normalized spacial score (nSPS) is 14.1. The van der Waals surface area contributed by atoms with Gasteiger partial charge < -0.3 is 10.1 Å². The predicted molar refractivity (Wildman–Crippen MR) is 80.0 cm³/mol. The summed E-state index contributed by atoms with van der Waals surface area (Å²) in [6.45, 7) is 4.88. The fourth-order valence-corrected chi connectivity index (χ4v) is 2.05. The third-order valence-corrected chi connectivity index (χ3v) is 3.26. The highest BCUT2D eigenvalue weighted by molar-refractivity contribution is 5.64. The molecule has 1 heterocycles. The van der Waals surface area contributed by atoms with Crippen molar-refractivity contribution >= 4 is 5.95 Å². The maximum Gasteiger partial charge on any atom is 0.223 e. The van der Waals surface area contributed by atoms with Gasteiger partial charge >= 0.3 is 0 Å². The van der Waals surface area contributed by atoms with Crippen molar-refractivity contribution in [3.8, 4) is 17.0 Å². The van der Waals surface area contributed by atoms with E-state index in [0.29, 0.717) is 12.1 Å². The minimum absolute atomic E-state index is 0.432. The Morgan fingerprint density at radius 2 is 2.00 bits per heavy atom. The Hall–Kier alpha value is -2.10. The van der Waals surface area contributed by atoms with E-state index in [1.54, 1.807) is 0 Å². The topological polar surface area (TPSA) is 47.0 Å². The zero-order valence-electron chi connectivity index (χ0n) is 11.9. The van der Waals surface area contributed by atoms with Crippen LogP contribution in [0.3, 0.4) is 0 Å². The summed E-state index contributed by atoms with van der Waals surface area (Å²) in [5.74, 6) is 1.61. The molecule has 104 valence electrons.